The number of carbonyl (C=O) groups is 1. The molecule has 1 amide bonds. The van der Waals surface area contributed by atoms with E-state index in [1.165, 1.54) is 38.0 Å². The first-order valence-electron chi connectivity index (χ1n) is 7.52. The molecule has 0 aliphatic heterocycles. The summed E-state index contributed by atoms with van der Waals surface area (Å²) in [5.74, 6) is 2.07. The van der Waals surface area contributed by atoms with Crippen molar-refractivity contribution in [3.63, 3.8) is 0 Å². The molecule has 3 rings (SSSR count). The number of rotatable bonds is 4. The topological polar surface area (TPSA) is 63.2 Å². The molecule has 114 valence electrons. The number of hydrogen-bond acceptors (Lipinski definition) is 3. The lowest BCUT2D eigenvalue weighted by Crippen LogP contribution is -2.20. The quantitative estimate of drug-likeness (QED) is 0.930. The average Bonchev–Trinajstić information content (AvgIpc) is 3.00. The molecule has 0 heterocycles. The minimum atomic E-state index is -3.24. The lowest BCUT2D eigenvalue weighted by Gasteiger charge is -2.20. The molecule has 1 aromatic carbocycles. The van der Waals surface area contributed by atoms with Crippen LogP contribution in [0.2, 0.25) is 0 Å². The van der Waals surface area contributed by atoms with Gasteiger partial charge in [-0.2, -0.15) is 0 Å². The SMILES string of the molecule is CS(=O)(=O)c1cccc(NC(=O)C[C@@H]2C[C@H]3CC[C@@H]2C3)c1. The maximum Gasteiger partial charge on any atom is 0.224 e. The van der Waals surface area contributed by atoms with Crippen LogP contribution in [0.25, 0.3) is 0 Å². The molecule has 0 unspecified atom stereocenters. The third-order valence-corrected chi connectivity index (χ3v) is 5.99. The van der Waals surface area contributed by atoms with E-state index in [9.17, 15) is 13.2 Å². The van der Waals surface area contributed by atoms with Gasteiger partial charge in [-0.1, -0.05) is 12.5 Å². The molecule has 21 heavy (non-hydrogen) atoms. The van der Waals surface area contributed by atoms with Crippen LogP contribution in [0.1, 0.15) is 32.1 Å². The predicted octanol–water partition coefficient (Wildman–Crippen LogP) is 2.85. The number of benzene rings is 1. The zero-order chi connectivity index (χ0) is 15.0. The van der Waals surface area contributed by atoms with Gasteiger partial charge in [-0.15, -0.1) is 0 Å². The van der Waals surface area contributed by atoms with Crippen molar-refractivity contribution >= 4 is 21.4 Å². The highest BCUT2D eigenvalue weighted by Crippen LogP contribution is 2.49. The molecule has 5 heteroatoms. The van der Waals surface area contributed by atoms with Crippen LogP contribution < -0.4 is 5.32 Å². The first kappa shape index (κ1) is 14.6. The summed E-state index contributed by atoms with van der Waals surface area (Å²) in [5, 5.41) is 2.84. The van der Waals surface area contributed by atoms with E-state index in [4.69, 9.17) is 0 Å². The number of hydrogen-bond donors (Lipinski definition) is 1. The first-order chi connectivity index (χ1) is 9.91. The molecule has 2 fully saturated rings. The lowest BCUT2D eigenvalue weighted by molar-refractivity contribution is -0.117. The number of amides is 1. The molecule has 0 radical (unpaired) electrons. The molecule has 2 aliphatic carbocycles. The monoisotopic (exact) mass is 307 g/mol. The van der Waals surface area contributed by atoms with E-state index in [0.29, 0.717) is 18.0 Å². The van der Waals surface area contributed by atoms with Gasteiger partial charge < -0.3 is 5.32 Å². The highest BCUT2D eigenvalue weighted by molar-refractivity contribution is 7.90. The van der Waals surface area contributed by atoms with Gasteiger partial charge in [-0.05, 0) is 55.2 Å². The van der Waals surface area contributed by atoms with Crippen molar-refractivity contribution in [3.05, 3.63) is 24.3 Å². The highest BCUT2D eigenvalue weighted by Gasteiger charge is 2.40. The number of nitrogens with one attached hydrogen (secondary N) is 1. The summed E-state index contributed by atoms with van der Waals surface area (Å²) in [6, 6.07) is 6.45. The Hall–Kier alpha value is -1.36. The van der Waals surface area contributed by atoms with Gasteiger partial charge in [-0.25, -0.2) is 8.42 Å². The van der Waals surface area contributed by atoms with Crippen molar-refractivity contribution in [2.45, 2.75) is 37.0 Å². The third kappa shape index (κ3) is 3.28. The molecule has 0 spiro atoms. The van der Waals surface area contributed by atoms with E-state index in [1.54, 1.807) is 18.2 Å². The van der Waals surface area contributed by atoms with Crippen molar-refractivity contribution in [2.24, 2.45) is 17.8 Å². The van der Waals surface area contributed by atoms with E-state index in [1.807, 2.05) is 0 Å². The van der Waals surface area contributed by atoms with Crippen LogP contribution in [-0.2, 0) is 14.6 Å². The van der Waals surface area contributed by atoms with E-state index in [0.717, 1.165) is 11.8 Å². The van der Waals surface area contributed by atoms with Crippen LogP contribution in [0.4, 0.5) is 5.69 Å². The van der Waals surface area contributed by atoms with Crippen LogP contribution in [0.15, 0.2) is 29.2 Å². The van der Waals surface area contributed by atoms with Crippen LogP contribution in [0.3, 0.4) is 0 Å². The minimum Gasteiger partial charge on any atom is -0.326 e. The molecule has 2 saturated carbocycles. The molecule has 2 aliphatic rings. The van der Waals surface area contributed by atoms with E-state index < -0.39 is 9.84 Å². The van der Waals surface area contributed by atoms with Gasteiger partial charge in [-0.3, -0.25) is 4.79 Å². The van der Waals surface area contributed by atoms with Gasteiger partial charge in [0.2, 0.25) is 5.91 Å². The zero-order valence-corrected chi connectivity index (χ0v) is 13.0. The predicted molar refractivity (Wildman–Crippen MR) is 81.7 cm³/mol. The minimum absolute atomic E-state index is 0.00167. The lowest BCUT2D eigenvalue weighted by atomic mass is 9.86. The summed E-state index contributed by atoms with van der Waals surface area (Å²) in [7, 11) is -3.24. The van der Waals surface area contributed by atoms with Crippen molar-refractivity contribution in [3.8, 4) is 0 Å². The Kier molecular flexibility index (Phi) is 3.78. The Labute approximate surface area is 125 Å². The van der Waals surface area contributed by atoms with E-state index in [-0.39, 0.29) is 10.8 Å². The molecule has 4 nitrogen and oxygen atoms in total. The third-order valence-electron chi connectivity index (χ3n) is 4.88. The van der Waals surface area contributed by atoms with Gasteiger partial charge in [0.25, 0.3) is 0 Å². The Morgan fingerprint density at radius 2 is 2.10 bits per heavy atom. The number of anilines is 1. The normalized spacial score (nSPS) is 27.8. The van der Waals surface area contributed by atoms with Crippen LogP contribution in [-0.4, -0.2) is 20.6 Å². The maximum atomic E-state index is 12.1. The molecule has 0 aromatic heterocycles. The maximum absolute atomic E-state index is 12.1. The van der Waals surface area contributed by atoms with Gasteiger partial charge in [0.1, 0.15) is 0 Å². The molecule has 3 atom stereocenters. The Bertz CT molecular complexity index is 653. The summed E-state index contributed by atoms with van der Waals surface area (Å²) < 4.78 is 23.0. The smallest absolute Gasteiger partial charge is 0.224 e. The highest BCUT2D eigenvalue weighted by atomic mass is 32.2. The zero-order valence-electron chi connectivity index (χ0n) is 12.2. The standard InChI is InChI=1S/C16H21NO3S/c1-21(19,20)15-4-2-3-14(10-15)17-16(18)9-13-8-11-5-6-12(13)7-11/h2-4,10-13H,5-9H2,1H3,(H,17,18)/t11-,12+,13-/m0/s1. The van der Waals surface area contributed by atoms with Crippen LogP contribution in [0.5, 0.6) is 0 Å². The number of sulfone groups is 1. The first-order valence-corrected chi connectivity index (χ1v) is 9.41. The Morgan fingerprint density at radius 3 is 2.71 bits per heavy atom. The Balaban J connectivity index is 1.62. The van der Waals surface area contributed by atoms with Crippen LogP contribution >= 0.6 is 0 Å². The molecular formula is C16H21NO3S. The second-order valence-electron chi connectivity index (χ2n) is 6.49. The van der Waals surface area contributed by atoms with Crippen molar-refractivity contribution in [2.75, 3.05) is 11.6 Å². The van der Waals surface area contributed by atoms with Gasteiger partial charge in [0.15, 0.2) is 9.84 Å². The molecule has 2 bridgehead atoms. The average molecular weight is 307 g/mol. The summed E-state index contributed by atoms with van der Waals surface area (Å²) >= 11 is 0. The summed E-state index contributed by atoms with van der Waals surface area (Å²) in [5.41, 5.74) is 0.561. The van der Waals surface area contributed by atoms with Gasteiger partial charge >= 0.3 is 0 Å². The van der Waals surface area contributed by atoms with Crippen molar-refractivity contribution in [1.82, 2.24) is 0 Å². The van der Waals surface area contributed by atoms with Crippen LogP contribution in [0, 0.1) is 17.8 Å². The Morgan fingerprint density at radius 1 is 1.29 bits per heavy atom. The van der Waals surface area contributed by atoms with Crippen molar-refractivity contribution in [1.29, 1.82) is 0 Å². The fourth-order valence-corrected chi connectivity index (χ4v) is 4.55. The van der Waals surface area contributed by atoms with Crippen molar-refractivity contribution < 1.29 is 13.2 Å². The van der Waals surface area contributed by atoms with E-state index >= 15 is 0 Å². The number of fused-ring (bicyclic) bond motifs is 2. The molecular weight excluding hydrogens is 286 g/mol. The van der Waals surface area contributed by atoms with E-state index in [2.05, 4.69) is 5.32 Å². The second kappa shape index (κ2) is 5.44. The fourth-order valence-electron chi connectivity index (χ4n) is 3.88. The number of carbonyl (C=O) groups excluding carboxylic acids is 1. The molecule has 0 saturated heterocycles. The molecule has 1 N–H and O–H groups in total. The summed E-state index contributed by atoms with van der Waals surface area (Å²) in [4.78, 5) is 12.4. The fraction of sp³-hybridized carbons (Fsp3) is 0.562. The largest absolute Gasteiger partial charge is 0.326 e. The van der Waals surface area contributed by atoms with Gasteiger partial charge in [0, 0.05) is 18.4 Å². The summed E-state index contributed by atoms with van der Waals surface area (Å²) in [6.07, 6.45) is 6.81. The molecule has 1 aromatic rings. The summed E-state index contributed by atoms with van der Waals surface area (Å²) in [6.45, 7) is 0. The van der Waals surface area contributed by atoms with Gasteiger partial charge in [0.05, 0.1) is 4.90 Å². The second-order valence-corrected chi connectivity index (χ2v) is 8.50.